The van der Waals surface area contributed by atoms with Gasteiger partial charge in [-0.3, -0.25) is 37.4 Å². The van der Waals surface area contributed by atoms with Crippen LogP contribution in [0.4, 0.5) is 11.8 Å². The summed E-state index contributed by atoms with van der Waals surface area (Å²) in [4.78, 5) is 55.1. The molecule has 3 saturated heterocycles. The Morgan fingerprint density at radius 1 is 1.06 bits per heavy atom. The summed E-state index contributed by atoms with van der Waals surface area (Å²) in [5.41, 5.74) is 11.1. The Balaban J connectivity index is 1.23. The monoisotopic (exact) mass is 705 g/mol. The highest BCUT2D eigenvalue weighted by molar-refractivity contribution is 7.47. The lowest BCUT2D eigenvalue weighted by atomic mass is 10.1. The van der Waals surface area contributed by atoms with Crippen LogP contribution >= 0.6 is 15.6 Å². The third-order valence-corrected chi connectivity index (χ3v) is 9.59. The number of aliphatic hydroxyl groups is 2. The van der Waals surface area contributed by atoms with Gasteiger partial charge in [0, 0.05) is 0 Å². The minimum absolute atomic E-state index is 0.0329. The molecule has 3 aliphatic heterocycles. The number of phosphoric acid groups is 2. The molecule has 24 nitrogen and oxygen atoms in total. The van der Waals surface area contributed by atoms with Crippen molar-refractivity contribution in [2.45, 2.75) is 49.1 Å². The molecule has 4 aromatic heterocycles. The van der Waals surface area contributed by atoms with Crippen LogP contribution in [0.5, 0.6) is 0 Å². The van der Waals surface area contributed by atoms with Gasteiger partial charge in [-0.05, 0) is 0 Å². The predicted molar refractivity (Wildman–Crippen MR) is 148 cm³/mol. The third-order valence-electron chi connectivity index (χ3n) is 7.62. The number of anilines is 2. The zero-order valence-corrected chi connectivity index (χ0v) is 25.4. The van der Waals surface area contributed by atoms with Gasteiger partial charge in [0.1, 0.15) is 49.2 Å². The highest BCUT2D eigenvalue weighted by Gasteiger charge is 2.55. The van der Waals surface area contributed by atoms with Crippen molar-refractivity contribution in [3.05, 3.63) is 29.3 Å². The van der Waals surface area contributed by atoms with E-state index in [9.17, 15) is 33.9 Å². The Morgan fingerprint density at radius 3 is 2.53 bits per heavy atom. The maximum absolute atomic E-state index is 13.4. The highest BCUT2D eigenvalue weighted by Crippen LogP contribution is 2.53. The first-order valence-electron chi connectivity index (χ1n) is 13.6. The van der Waals surface area contributed by atoms with Crippen molar-refractivity contribution >= 4 is 49.7 Å². The number of aromatic amines is 2. The van der Waals surface area contributed by atoms with E-state index < -0.39 is 90.3 Å². The molecule has 10 atom stereocenters. The van der Waals surface area contributed by atoms with Crippen LogP contribution in [0.15, 0.2) is 23.8 Å². The Bertz CT molecular complexity index is 1970. The van der Waals surface area contributed by atoms with E-state index >= 15 is 0 Å². The van der Waals surface area contributed by atoms with Crippen molar-refractivity contribution in [1.82, 2.24) is 34.5 Å². The molecule has 26 heteroatoms. The number of nitrogens with zero attached hydrogens (tertiary/aromatic N) is 6. The second-order valence-corrected chi connectivity index (χ2v) is 13.3. The Kier molecular flexibility index (Phi) is 8.12. The molecule has 0 radical (unpaired) electrons. The minimum Gasteiger partial charge on any atom is -0.386 e. The van der Waals surface area contributed by atoms with E-state index in [2.05, 4.69) is 29.9 Å². The van der Waals surface area contributed by atoms with E-state index in [1.807, 2.05) is 0 Å². The zero-order chi connectivity index (χ0) is 33.2. The van der Waals surface area contributed by atoms with Crippen LogP contribution in [0, 0.1) is 0 Å². The number of rotatable bonds is 4. The average molecular weight is 705 g/mol. The number of aromatic nitrogens is 8. The summed E-state index contributed by atoms with van der Waals surface area (Å²) >= 11 is 0. The van der Waals surface area contributed by atoms with Gasteiger partial charge >= 0.3 is 21.3 Å². The fraction of sp³-hybridized carbons (Fsp3) is 0.524. The summed E-state index contributed by atoms with van der Waals surface area (Å²) in [6.45, 7) is -2.56. The first-order chi connectivity index (χ1) is 22.4. The van der Waals surface area contributed by atoms with Crippen molar-refractivity contribution in [2.24, 2.45) is 0 Å². The molecule has 7 rings (SSSR count). The van der Waals surface area contributed by atoms with Gasteiger partial charge in [0.15, 0.2) is 30.1 Å². The van der Waals surface area contributed by atoms with Crippen LogP contribution < -0.4 is 21.6 Å². The standard InChI is InChI=1S/C21H26N10O14P2/c22-15-9-16(25-3-24-15)30(4-26-9)19-11(33)12-7(42-19)1-40-47(37,38)45-14-13(39-6-32)8(2-41-46(35,36)44-12)43-20(14)31-5-27-10-17(31)28-21(23)29-18(10)34/h3-5,7-8,11-14,19-20,32-33H,1-2,6H2,(H7,22,23,24,25,28,29,34,35,36,37,38)/p+1. The molecule has 47 heavy (non-hydrogen) atoms. The number of ether oxygens (including phenoxy) is 3. The molecule has 0 amide bonds. The first-order valence-corrected chi connectivity index (χ1v) is 16.6. The molecule has 0 aliphatic carbocycles. The number of hydrogen-bond acceptors (Lipinski definition) is 18. The van der Waals surface area contributed by atoms with Crippen molar-refractivity contribution in [3.8, 4) is 0 Å². The number of H-pyrrole nitrogens is 2. The fourth-order valence-electron chi connectivity index (χ4n) is 5.62. The average Bonchev–Trinajstić information content (AvgIpc) is 3.76. The largest absolute Gasteiger partial charge is 0.472 e. The minimum atomic E-state index is -5.13. The predicted octanol–water partition coefficient (Wildman–Crippen LogP) is -2.95. The van der Waals surface area contributed by atoms with Crippen LogP contribution in [-0.2, 0) is 41.4 Å². The van der Waals surface area contributed by atoms with E-state index in [4.69, 9.17) is 43.8 Å². The van der Waals surface area contributed by atoms with Crippen molar-refractivity contribution < 1.29 is 66.0 Å². The number of nitrogen functional groups attached to an aromatic ring is 2. The third kappa shape index (κ3) is 5.82. The highest BCUT2D eigenvalue weighted by atomic mass is 31.2. The van der Waals surface area contributed by atoms with E-state index in [1.54, 1.807) is 0 Å². The van der Waals surface area contributed by atoms with Crippen molar-refractivity contribution in [1.29, 1.82) is 0 Å². The van der Waals surface area contributed by atoms with Gasteiger partial charge in [0.25, 0.3) is 11.5 Å². The molecule has 0 aromatic carbocycles. The smallest absolute Gasteiger partial charge is 0.386 e. The normalized spacial score (nSPS) is 36.6. The van der Waals surface area contributed by atoms with Gasteiger partial charge < -0.3 is 45.7 Å². The number of hydrogen-bond donors (Lipinski definition) is 8. The summed E-state index contributed by atoms with van der Waals surface area (Å²) in [6.07, 6.45) is -8.51. The number of nitrogens with two attached hydrogens (primary N) is 2. The van der Waals surface area contributed by atoms with Crippen LogP contribution in [0.3, 0.4) is 0 Å². The molecule has 3 fully saturated rings. The molecule has 4 aromatic rings. The van der Waals surface area contributed by atoms with E-state index in [0.29, 0.717) is 0 Å². The molecule has 0 spiro atoms. The van der Waals surface area contributed by atoms with E-state index in [0.717, 1.165) is 6.33 Å². The number of imidazole rings is 2. The lowest BCUT2D eigenvalue weighted by Gasteiger charge is -2.25. The molecule has 3 aliphatic rings. The second-order valence-electron chi connectivity index (χ2n) is 10.5. The lowest BCUT2D eigenvalue weighted by molar-refractivity contribution is -0.744. The van der Waals surface area contributed by atoms with Crippen molar-refractivity contribution in [2.75, 3.05) is 31.5 Å². The zero-order valence-electron chi connectivity index (χ0n) is 23.6. The van der Waals surface area contributed by atoms with Gasteiger partial charge in [-0.15, -0.1) is 0 Å². The maximum atomic E-state index is 13.4. The lowest BCUT2D eigenvalue weighted by Crippen LogP contribution is -2.47. The SMILES string of the molecule is Nc1nc2c([nH]c[n+]2C2OC3COP(=O)(O)OC4C(COP(=O)(O)OC2C3OCO)OC(n2cnc3c(N)ncnc32)C4O)c(=O)[nH]1. The molecule has 7 heterocycles. The van der Waals surface area contributed by atoms with Crippen LogP contribution in [0.1, 0.15) is 12.5 Å². The summed E-state index contributed by atoms with van der Waals surface area (Å²) in [7, 11) is -10.2. The Labute approximate surface area is 260 Å². The summed E-state index contributed by atoms with van der Waals surface area (Å²) in [5, 5.41) is 20.8. The maximum Gasteiger partial charge on any atom is 0.472 e. The van der Waals surface area contributed by atoms with Crippen LogP contribution in [-0.4, -0.2) is 111 Å². The van der Waals surface area contributed by atoms with Crippen LogP contribution in [0.2, 0.25) is 0 Å². The number of aliphatic hydroxyl groups excluding tert-OH is 2. The van der Waals surface area contributed by atoms with Crippen LogP contribution in [0.25, 0.3) is 22.3 Å². The summed E-state index contributed by atoms with van der Waals surface area (Å²) in [5.74, 6) is -0.234. The molecular weight excluding hydrogens is 678 g/mol. The number of fused-ring (bicyclic) bond motifs is 5. The molecule has 10 N–H and O–H groups in total. The van der Waals surface area contributed by atoms with Gasteiger partial charge in [0.05, 0.1) is 19.5 Å². The summed E-state index contributed by atoms with van der Waals surface area (Å²) in [6, 6.07) is 0. The Morgan fingerprint density at radius 2 is 1.79 bits per heavy atom. The molecule has 0 saturated carbocycles. The summed E-state index contributed by atoms with van der Waals surface area (Å²) < 4.78 is 67.5. The molecule has 10 unspecified atom stereocenters. The number of phosphoric ester groups is 2. The van der Waals surface area contributed by atoms with Gasteiger partial charge in [-0.25, -0.2) is 28.6 Å². The van der Waals surface area contributed by atoms with Gasteiger partial charge in [-0.1, -0.05) is 4.98 Å². The second kappa shape index (κ2) is 11.9. The fourth-order valence-corrected chi connectivity index (χ4v) is 7.52. The quantitative estimate of drug-likeness (QED) is 0.0597. The van der Waals surface area contributed by atoms with E-state index in [1.165, 1.54) is 21.8 Å². The van der Waals surface area contributed by atoms with Gasteiger partial charge in [0.2, 0.25) is 11.7 Å². The van der Waals surface area contributed by atoms with Crippen molar-refractivity contribution in [3.63, 3.8) is 0 Å². The first kappa shape index (κ1) is 32.1. The molecular formula is C21H27N10O14P2+. The topological polar surface area (TPSA) is 341 Å². The van der Waals surface area contributed by atoms with Gasteiger partial charge in [-0.2, -0.15) is 0 Å². The Hall–Kier alpha value is -3.48. The molecule has 254 valence electrons. The molecule has 2 bridgehead atoms. The number of nitrogens with one attached hydrogen (secondary N) is 2. The van der Waals surface area contributed by atoms with E-state index in [-0.39, 0.29) is 34.1 Å².